The van der Waals surface area contributed by atoms with Crippen LogP contribution in [0.3, 0.4) is 0 Å². The van der Waals surface area contributed by atoms with Gasteiger partial charge in [-0.2, -0.15) is 0 Å². The molecule has 1 saturated heterocycles. The summed E-state index contributed by atoms with van der Waals surface area (Å²) in [4.78, 5) is 15.5. The number of Topliss-reactive ketones (excluding diaryl/α,β-unsaturated/α-hetero) is 1. The lowest BCUT2D eigenvalue weighted by Gasteiger charge is -2.31. The van der Waals surface area contributed by atoms with Gasteiger partial charge >= 0.3 is 0 Å². The quantitative estimate of drug-likeness (QED) is 0.434. The van der Waals surface area contributed by atoms with Crippen LogP contribution in [0.2, 0.25) is 0 Å². The molecule has 1 aliphatic heterocycles. The Kier molecular flexibility index (Phi) is 8.22. The van der Waals surface area contributed by atoms with Gasteiger partial charge in [0.05, 0.1) is 19.3 Å². The Hall–Kier alpha value is -2.44. The predicted molar refractivity (Wildman–Crippen MR) is 114 cm³/mol. The topological polar surface area (TPSA) is 48.0 Å². The highest BCUT2D eigenvalue weighted by Gasteiger charge is 2.28. The van der Waals surface area contributed by atoms with Crippen molar-refractivity contribution in [3.8, 4) is 11.5 Å². The fourth-order valence-corrected chi connectivity index (χ4v) is 3.85. The van der Waals surface area contributed by atoms with Gasteiger partial charge in [0.25, 0.3) is 0 Å². The summed E-state index contributed by atoms with van der Waals surface area (Å²) in [5.74, 6) is 0.952. The molecule has 30 heavy (non-hydrogen) atoms. The first kappa shape index (κ1) is 22.2. The zero-order chi connectivity index (χ0) is 21.3. The smallest absolute Gasteiger partial charge is 0.171 e. The second kappa shape index (κ2) is 11.1. The van der Waals surface area contributed by atoms with E-state index < -0.39 is 0 Å². The number of hydrogen-bond acceptors (Lipinski definition) is 5. The normalized spacial score (nSPS) is 15.2. The molecular formula is C24H30FNO4. The standard InChI is InChI=1S/C24H30FNO4/c1-28-16-17-30-22-5-3-4-21(24(22)29-2)23(27)19-11-14-26(15-12-19)13-10-18-6-8-20(25)9-7-18/h3-9,19H,10-17H2,1-2H3. The van der Waals surface area contributed by atoms with Crippen molar-refractivity contribution in [2.45, 2.75) is 19.3 Å². The first-order chi connectivity index (χ1) is 14.6. The molecule has 1 aliphatic rings. The second-order valence-corrected chi connectivity index (χ2v) is 7.53. The van der Waals surface area contributed by atoms with E-state index in [0.29, 0.717) is 30.3 Å². The fourth-order valence-electron chi connectivity index (χ4n) is 3.85. The molecular weight excluding hydrogens is 385 g/mol. The highest BCUT2D eigenvalue weighted by molar-refractivity contribution is 6.01. The number of likely N-dealkylation sites (tertiary alicyclic amines) is 1. The Morgan fingerprint density at radius 2 is 1.80 bits per heavy atom. The molecule has 0 N–H and O–H groups in total. The molecule has 0 atom stereocenters. The molecule has 162 valence electrons. The van der Waals surface area contributed by atoms with Crippen LogP contribution in [-0.2, 0) is 11.2 Å². The number of halogens is 1. The van der Waals surface area contributed by atoms with Crippen LogP contribution in [0.15, 0.2) is 42.5 Å². The molecule has 0 unspecified atom stereocenters. The first-order valence-electron chi connectivity index (χ1n) is 10.4. The fraction of sp³-hybridized carbons (Fsp3) is 0.458. The average Bonchev–Trinajstić information content (AvgIpc) is 2.78. The van der Waals surface area contributed by atoms with Crippen molar-refractivity contribution in [2.75, 3.05) is 47.1 Å². The number of ketones is 1. The SMILES string of the molecule is COCCOc1cccc(C(=O)C2CCN(CCc3ccc(F)cc3)CC2)c1OC. The lowest BCUT2D eigenvalue weighted by Crippen LogP contribution is -2.37. The number of ether oxygens (including phenoxy) is 3. The van der Waals surface area contributed by atoms with Crippen LogP contribution in [0.1, 0.15) is 28.8 Å². The maximum atomic E-state index is 13.2. The van der Waals surface area contributed by atoms with Gasteiger partial charge in [-0.05, 0) is 62.2 Å². The summed E-state index contributed by atoms with van der Waals surface area (Å²) < 4.78 is 29.3. The molecule has 0 aliphatic carbocycles. The lowest BCUT2D eigenvalue weighted by molar-refractivity contribution is 0.0836. The monoisotopic (exact) mass is 415 g/mol. The van der Waals surface area contributed by atoms with Crippen LogP contribution in [-0.4, -0.2) is 57.8 Å². The molecule has 0 bridgehead atoms. The van der Waals surface area contributed by atoms with E-state index in [1.165, 1.54) is 12.1 Å². The summed E-state index contributed by atoms with van der Waals surface area (Å²) in [7, 11) is 3.18. The Balaban J connectivity index is 1.55. The summed E-state index contributed by atoms with van der Waals surface area (Å²) in [5, 5.41) is 0. The van der Waals surface area contributed by atoms with Crippen molar-refractivity contribution < 1.29 is 23.4 Å². The second-order valence-electron chi connectivity index (χ2n) is 7.53. The maximum absolute atomic E-state index is 13.2. The third kappa shape index (κ3) is 5.80. The van der Waals surface area contributed by atoms with Crippen LogP contribution in [0.5, 0.6) is 11.5 Å². The molecule has 2 aromatic carbocycles. The number of piperidine rings is 1. The van der Waals surface area contributed by atoms with E-state index >= 15 is 0 Å². The minimum Gasteiger partial charge on any atom is -0.492 e. The number of hydrogen-bond donors (Lipinski definition) is 0. The number of benzene rings is 2. The van der Waals surface area contributed by atoms with Gasteiger partial charge in [0.2, 0.25) is 0 Å². The number of nitrogens with zero attached hydrogens (tertiary/aromatic N) is 1. The molecule has 0 saturated carbocycles. The van der Waals surface area contributed by atoms with Gasteiger partial charge < -0.3 is 19.1 Å². The Morgan fingerprint density at radius 3 is 2.47 bits per heavy atom. The maximum Gasteiger partial charge on any atom is 0.171 e. The largest absolute Gasteiger partial charge is 0.492 e. The molecule has 0 spiro atoms. The van der Waals surface area contributed by atoms with E-state index in [1.54, 1.807) is 14.2 Å². The summed E-state index contributed by atoms with van der Waals surface area (Å²) in [6, 6.07) is 12.1. The summed E-state index contributed by atoms with van der Waals surface area (Å²) in [6.07, 6.45) is 2.52. The Morgan fingerprint density at radius 1 is 1.07 bits per heavy atom. The van der Waals surface area contributed by atoms with Gasteiger partial charge in [-0.15, -0.1) is 0 Å². The molecule has 1 fully saturated rings. The van der Waals surface area contributed by atoms with Crippen LogP contribution in [0, 0.1) is 11.7 Å². The van der Waals surface area contributed by atoms with E-state index in [1.807, 2.05) is 30.3 Å². The van der Waals surface area contributed by atoms with Crippen molar-refractivity contribution in [2.24, 2.45) is 5.92 Å². The van der Waals surface area contributed by atoms with Gasteiger partial charge in [-0.3, -0.25) is 4.79 Å². The Bertz CT molecular complexity index is 816. The van der Waals surface area contributed by atoms with E-state index in [0.717, 1.165) is 44.5 Å². The molecule has 0 amide bonds. The van der Waals surface area contributed by atoms with Crippen LogP contribution >= 0.6 is 0 Å². The van der Waals surface area contributed by atoms with E-state index in [2.05, 4.69) is 4.90 Å². The zero-order valence-electron chi connectivity index (χ0n) is 17.7. The number of para-hydroxylation sites is 1. The molecule has 0 radical (unpaired) electrons. The summed E-state index contributed by atoms with van der Waals surface area (Å²) >= 11 is 0. The van der Waals surface area contributed by atoms with E-state index in [4.69, 9.17) is 14.2 Å². The van der Waals surface area contributed by atoms with Crippen molar-refractivity contribution in [3.05, 3.63) is 59.4 Å². The predicted octanol–water partition coefficient (Wildman–Crippen LogP) is 4.00. The first-order valence-corrected chi connectivity index (χ1v) is 10.4. The summed E-state index contributed by atoms with van der Waals surface area (Å²) in [5.41, 5.74) is 1.71. The third-order valence-electron chi connectivity index (χ3n) is 5.58. The average molecular weight is 416 g/mol. The van der Waals surface area contributed by atoms with Crippen LogP contribution in [0.25, 0.3) is 0 Å². The number of carbonyl (C=O) groups is 1. The number of carbonyl (C=O) groups excluding carboxylic acids is 1. The lowest BCUT2D eigenvalue weighted by atomic mass is 9.88. The molecule has 3 rings (SSSR count). The van der Waals surface area contributed by atoms with Gasteiger partial charge in [0.1, 0.15) is 12.4 Å². The highest BCUT2D eigenvalue weighted by atomic mass is 19.1. The van der Waals surface area contributed by atoms with Crippen LogP contribution < -0.4 is 9.47 Å². The molecule has 2 aromatic rings. The van der Waals surface area contributed by atoms with Crippen LogP contribution in [0.4, 0.5) is 4.39 Å². The Labute approximate surface area is 177 Å². The van der Waals surface area contributed by atoms with E-state index in [-0.39, 0.29) is 17.5 Å². The molecule has 5 nitrogen and oxygen atoms in total. The van der Waals surface area contributed by atoms with Gasteiger partial charge in [0.15, 0.2) is 17.3 Å². The number of methoxy groups -OCH3 is 2. The van der Waals surface area contributed by atoms with Crippen molar-refractivity contribution >= 4 is 5.78 Å². The minimum atomic E-state index is -0.207. The highest BCUT2D eigenvalue weighted by Crippen LogP contribution is 2.34. The summed E-state index contributed by atoms with van der Waals surface area (Å²) in [6.45, 7) is 3.54. The van der Waals surface area contributed by atoms with Crippen molar-refractivity contribution in [1.29, 1.82) is 0 Å². The van der Waals surface area contributed by atoms with Gasteiger partial charge in [-0.1, -0.05) is 18.2 Å². The molecule has 1 heterocycles. The third-order valence-corrected chi connectivity index (χ3v) is 5.58. The van der Waals surface area contributed by atoms with Gasteiger partial charge in [0, 0.05) is 19.6 Å². The molecule has 6 heteroatoms. The van der Waals surface area contributed by atoms with Gasteiger partial charge in [-0.25, -0.2) is 4.39 Å². The van der Waals surface area contributed by atoms with E-state index in [9.17, 15) is 9.18 Å². The van der Waals surface area contributed by atoms with Crippen molar-refractivity contribution in [1.82, 2.24) is 4.90 Å². The number of rotatable bonds is 10. The zero-order valence-corrected chi connectivity index (χ0v) is 17.7. The minimum absolute atomic E-state index is 0.0183. The molecule has 0 aromatic heterocycles. The van der Waals surface area contributed by atoms with Crippen molar-refractivity contribution in [3.63, 3.8) is 0 Å².